The Morgan fingerprint density at radius 1 is 1.10 bits per heavy atom. The average Bonchev–Trinajstić information content (AvgIpc) is 3.06. The third kappa shape index (κ3) is 2.88. The number of thioether (sulfide) groups is 1. The molecule has 0 aliphatic rings. The highest BCUT2D eigenvalue weighted by Gasteiger charge is 2.10. The topological polar surface area (TPSA) is 77.8 Å². The van der Waals surface area contributed by atoms with E-state index in [2.05, 4.69) is 20.3 Å². The second-order valence-corrected chi connectivity index (χ2v) is 5.18. The Morgan fingerprint density at radius 3 is 2.60 bits per heavy atom. The number of aromatic nitrogens is 4. The van der Waals surface area contributed by atoms with Crippen LogP contribution in [0.5, 0.6) is 0 Å². The van der Waals surface area contributed by atoms with Crippen LogP contribution in [0.1, 0.15) is 17.3 Å². The lowest BCUT2D eigenvalue weighted by molar-refractivity contribution is 0.389. The molecule has 7 heteroatoms. The van der Waals surface area contributed by atoms with Crippen LogP contribution in [-0.4, -0.2) is 20.3 Å². The van der Waals surface area contributed by atoms with Crippen LogP contribution in [0.4, 0.5) is 0 Å². The SMILES string of the molecule is Cc1ccc(-c2nnc(SCc3noc(C)n3)o2)cc1. The van der Waals surface area contributed by atoms with Gasteiger partial charge in [-0.1, -0.05) is 34.6 Å². The average molecular weight is 288 g/mol. The predicted molar refractivity (Wildman–Crippen MR) is 73.1 cm³/mol. The molecule has 0 bridgehead atoms. The van der Waals surface area contributed by atoms with Crippen molar-refractivity contribution in [2.75, 3.05) is 0 Å². The summed E-state index contributed by atoms with van der Waals surface area (Å²) in [6, 6.07) is 7.93. The third-order valence-electron chi connectivity index (χ3n) is 2.60. The van der Waals surface area contributed by atoms with Gasteiger partial charge in [-0.15, -0.1) is 10.2 Å². The van der Waals surface area contributed by atoms with Crippen molar-refractivity contribution in [3.8, 4) is 11.5 Å². The zero-order valence-corrected chi connectivity index (χ0v) is 11.8. The van der Waals surface area contributed by atoms with Gasteiger partial charge in [-0.2, -0.15) is 4.98 Å². The molecule has 0 aliphatic heterocycles. The van der Waals surface area contributed by atoms with Crippen molar-refractivity contribution >= 4 is 11.8 Å². The van der Waals surface area contributed by atoms with Crippen LogP contribution >= 0.6 is 11.8 Å². The first kappa shape index (κ1) is 12.9. The number of aryl methyl sites for hydroxylation is 2. The van der Waals surface area contributed by atoms with Gasteiger partial charge < -0.3 is 8.94 Å². The number of rotatable bonds is 4. The molecule has 0 amide bonds. The highest BCUT2D eigenvalue weighted by Crippen LogP contribution is 2.25. The number of benzene rings is 1. The van der Waals surface area contributed by atoms with Gasteiger partial charge >= 0.3 is 0 Å². The fourth-order valence-corrected chi connectivity index (χ4v) is 2.21. The van der Waals surface area contributed by atoms with Gasteiger partial charge in [-0.3, -0.25) is 0 Å². The molecule has 0 aliphatic carbocycles. The Hall–Kier alpha value is -2.15. The first-order valence-corrected chi connectivity index (χ1v) is 7.02. The Bertz CT molecular complexity index is 705. The van der Waals surface area contributed by atoms with E-state index in [9.17, 15) is 0 Å². The summed E-state index contributed by atoms with van der Waals surface area (Å²) in [5, 5.41) is 12.3. The van der Waals surface area contributed by atoms with Crippen molar-refractivity contribution in [2.24, 2.45) is 0 Å². The second kappa shape index (κ2) is 5.46. The third-order valence-corrected chi connectivity index (χ3v) is 3.41. The van der Waals surface area contributed by atoms with E-state index < -0.39 is 0 Å². The molecule has 0 atom stereocenters. The van der Waals surface area contributed by atoms with Crippen molar-refractivity contribution < 1.29 is 8.94 Å². The summed E-state index contributed by atoms with van der Waals surface area (Å²) in [5.41, 5.74) is 2.10. The van der Waals surface area contributed by atoms with Gasteiger partial charge in [0, 0.05) is 12.5 Å². The van der Waals surface area contributed by atoms with Gasteiger partial charge in [0.05, 0.1) is 5.75 Å². The lowest BCUT2D eigenvalue weighted by Crippen LogP contribution is -1.83. The molecule has 3 aromatic rings. The van der Waals surface area contributed by atoms with Crippen molar-refractivity contribution in [1.29, 1.82) is 0 Å². The molecule has 0 N–H and O–H groups in total. The molecule has 3 rings (SSSR count). The maximum Gasteiger partial charge on any atom is 0.277 e. The highest BCUT2D eigenvalue weighted by molar-refractivity contribution is 7.98. The molecule has 20 heavy (non-hydrogen) atoms. The van der Waals surface area contributed by atoms with Crippen LogP contribution in [0, 0.1) is 13.8 Å². The predicted octanol–water partition coefficient (Wildman–Crippen LogP) is 3.03. The van der Waals surface area contributed by atoms with Gasteiger partial charge in [0.15, 0.2) is 5.82 Å². The molecular weight excluding hydrogens is 276 g/mol. The Morgan fingerprint density at radius 2 is 1.90 bits per heavy atom. The van der Waals surface area contributed by atoms with Gasteiger partial charge in [0.25, 0.3) is 5.22 Å². The lowest BCUT2D eigenvalue weighted by atomic mass is 10.1. The van der Waals surface area contributed by atoms with Crippen LogP contribution in [-0.2, 0) is 5.75 Å². The van der Waals surface area contributed by atoms with Gasteiger partial charge in [0.1, 0.15) is 0 Å². The summed E-state index contributed by atoms with van der Waals surface area (Å²) < 4.78 is 10.5. The van der Waals surface area contributed by atoms with Crippen molar-refractivity contribution in [1.82, 2.24) is 20.3 Å². The number of hydrogen-bond acceptors (Lipinski definition) is 7. The monoisotopic (exact) mass is 288 g/mol. The summed E-state index contributed by atoms with van der Waals surface area (Å²) in [6.45, 7) is 3.79. The summed E-state index contributed by atoms with van der Waals surface area (Å²) >= 11 is 1.38. The van der Waals surface area contributed by atoms with Gasteiger partial charge in [-0.25, -0.2) is 0 Å². The van der Waals surface area contributed by atoms with Crippen LogP contribution in [0.3, 0.4) is 0 Å². The second-order valence-electron chi connectivity index (χ2n) is 4.26. The Balaban J connectivity index is 1.69. The molecule has 6 nitrogen and oxygen atoms in total. The van der Waals surface area contributed by atoms with Crippen LogP contribution < -0.4 is 0 Å². The molecule has 2 aromatic heterocycles. The normalized spacial score (nSPS) is 10.9. The smallest absolute Gasteiger partial charge is 0.277 e. The number of hydrogen-bond donors (Lipinski definition) is 0. The molecule has 102 valence electrons. The summed E-state index contributed by atoms with van der Waals surface area (Å²) in [6.07, 6.45) is 0. The van der Waals surface area contributed by atoms with Crippen LogP contribution in [0.15, 0.2) is 38.4 Å². The minimum atomic E-state index is 0.489. The fraction of sp³-hybridized carbons (Fsp3) is 0.231. The minimum absolute atomic E-state index is 0.489. The summed E-state index contributed by atoms with van der Waals surface area (Å²) in [5.74, 6) is 2.21. The van der Waals surface area contributed by atoms with Gasteiger partial charge in [-0.05, 0) is 19.1 Å². The van der Waals surface area contributed by atoms with E-state index in [4.69, 9.17) is 8.94 Å². The van der Waals surface area contributed by atoms with E-state index in [0.717, 1.165) is 5.56 Å². The van der Waals surface area contributed by atoms with E-state index >= 15 is 0 Å². The van der Waals surface area contributed by atoms with Gasteiger partial charge in [0.2, 0.25) is 11.8 Å². The highest BCUT2D eigenvalue weighted by atomic mass is 32.2. The maximum absolute atomic E-state index is 5.59. The molecule has 1 aromatic carbocycles. The first-order chi connectivity index (χ1) is 9.70. The summed E-state index contributed by atoms with van der Waals surface area (Å²) in [4.78, 5) is 4.11. The molecule has 0 saturated carbocycles. The van der Waals surface area contributed by atoms with Crippen molar-refractivity contribution in [2.45, 2.75) is 24.8 Å². The standard InChI is InChI=1S/C13H12N4O2S/c1-8-3-5-10(6-4-8)12-15-16-13(18-12)20-7-11-14-9(2)19-17-11/h3-6H,7H2,1-2H3. The zero-order chi connectivity index (χ0) is 13.9. The molecule has 0 spiro atoms. The zero-order valence-electron chi connectivity index (χ0n) is 11.0. The van der Waals surface area contributed by atoms with E-state index in [1.807, 2.05) is 31.2 Å². The summed E-state index contributed by atoms with van der Waals surface area (Å²) in [7, 11) is 0. The molecule has 0 fully saturated rings. The Kier molecular flexibility index (Phi) is 3.51. The first-order valence-electron chi connectivity index (χ1n) is 6.03. The van der Waals surface area contributed by atoms with Crippen LogP contribution in [0.2, 0.25) is 0 Å². The fourth-order valence-electron chi connectivity index (χ4n) is 1.61. The van der Waals surface area contributed by atoms with E-state index in [-0.39, 0.29) is 0 Å². The van der Waals surface area contributed by atoms with Crippen LogP contribution in [0.25, 0.3) is 11.5 Å². The van der Waals surface area contributed by atoms with Crippen molar-refractivity contribution in [3.63, 3.8) is 0 Å². The molecule has 0 unspecified atom stereocenters. The van der Waals surface area contributed by atoms with E-state index in [0.29, 0.717) is 28.6 Å². The molecular formula is C13H12N4O2S. The molecule has 2 heterocycles. The Labute approximate surface area is 119 Å². The van der Waals surface area contributed by atoms with E-state index in [1.54, 1.807) is 6.92 Å². The van der Waals surface area contributed by atoms with Crippen molar-refractivity contribution in [3.05, 3.63) is 41.5 Å². The van der Waals surface area contributed by atoms with E-state index in [1.165, 1.54) is 17.3 Å². The largest absolute Gasteiger partial charge is 0.411 e. The number of nitrogens with zero attached hydrogens (tertiary/aromatic N) is 4. The lowest BCUT2D eigenvalue weighted by Gasteiger charge is -1.95. The quantitative estimate of drug-likeness (QED) is 0.683. The molecule has 0 saturated heterocycles. The molecule has 0 radical (unpaired) electrons. The minimum Gasteiger partial charge on any atom is -0.411 e. The maximum atomic E-state index is 5.59.